The predicted octanol–water partition coefficient (Wildman–Crippen LogP) is 2.43. The third-order valence-corrected chi connectivity index (χ3v) is 7.07. The largest absolute Gasteiger partial charge is 0.350 e. The number of amides is 3. The number of rotatable bonds is 6. The number of likely N-dealkylation sites (tertiary alicyclic amines) is 1. The van der Waals surface area contributed by atoms with E-state index in [4.69, 9.17) is 11.6 Å². The molecule has 34 heavy (non-hydrogen) atoms. The third-order valence-electron chi connectivity index (χ3n) is 6.72. The van der Waals surface area contributed by atoms with Crippen LogP contribution in [0.15, 0.2) is 59.3 Å². The van der Waals surface area contributed by atoms with Gasteiger partial charge in [-0.2, -0.15) is 0 Å². The van der Waals surface area contributed by atoms with Crippen LogP contribution in [0.5, 0.6) is 0 Å². The molecule has 2 heterocycles. The Hall–Kier alpha value is -3.16. The van der Waals surface area contributed by atoms with Crippen LogP contribution in [0.2, 0.25) is 0 Å². The Morgan fingerprint density at radius 3 is 2.38 bits per heavy atom. The molecule has 2 aliphatic rings. The van der Waals surface area contributed by atoms with Crippen LogP contribution in [-0.2, 0) is 16.0 Å². The van der Waals surface area contributed by atoms with Crippen molar-refractivity contribution in [3.05, 3.63) is 70.4 Å². The first-order valence-corrected chi connectivity index (χ1v) is 12.0. The van der Waals surface area contributed by atoms with Crippen molar-refractivity contribution in [3.63, 3.8) is 0 Å². The van der Waals surface area contributed by atoms with Crippen molar-refractivity contribution < 1.29 is 19.3 Å². The van der Waals surface area contributed by atoms with E-state index in [1.54, 1.807) is 36.4 Å². The van der Waals surface area contributed by atoms with Gasteiger partial charge in [-0.15, -0.1) is 0 Å². The van der Waals surface area contributed by atoms with Crippen molar-refractivity contribution in [2.24, 2.45) is 0 Å². The summed E-state index contributed by atoms with van der Waals surface area (Å²) in [5, 5.41) is 2.83. The number of piperidine rings is 1. The number of imide groups is 1. The second kappa shape index (κ2) is 9.99. The summed E-state index contributed by atoms with van der Waals surface area (Å²) >= 11 is 6.28. The number of hydrogen-bond acceptors (Lipinski definition) is 4. The lowest BCUT2D eigenvalue weighted by atomic mass is 10.0. The summed E-state index contributed by atoms with van der Waals surface area (Å²) in [5.74, 6) is -1.08. The molecule has 3 amide bonds. The van der Waals surface area contributed by atoms with Gasteiger partial charge in [-0.3, -0.25) is 14.4 Å². The summed E-state index contributed by atoms with van der Waals surface area (Å²) in [7, 11) is 4.03. The molecule has 0 bridgehead atoms. The van der Waals surface area contributed by atoms with Crippen molar-refractivity contribution in [2.45, 2.75) is 32.2 Å². The van der Waals surface area contributed by atoms with Gasteiger partial charge in [0, 0.05) is 37.2 Å². The quantitative estimate of drug-likeness (QED) is 0.621. The normalized spacial score (nSPS) is 20.6. The van der Waals surface area contributed by atoms with Gasteiger partial charge in [0.2, 0.25) is 0 Å². The Kier molecular flexibility index (Phi) is 7.05. The molecule has 2 aromatic carbocycles. The zero-order chi connectivity index (χ0) is 24.4. The molecule has 0 unspecified atom stereocenters. The molecule has 178 valence electrons. The molecule has 1 fully saturated rings. The summed E-state index contributed by atoms with van der Waals surface area (Å²) < 4.78 is 0. The molecule has 0 aromatic heterocycles. The molecule has 0 aliphatic carbocycles. The molecule has 0 spiro atoms. The van der Waals surface area contributed by atoms with Crippen molar-refractivity contribution >= 4 is 40.7 Å². The molecule has 2 aromatic rings. The molecule has 2 aliphatic heterocycles. The van der Waals surface area contributed by atoms with Gasteiger partial charge in [-0.05, 0) is 42.3 Å². The third kappa shape index (κ3) is 4.58. The number of para-hydroxylation sites is 1. The number of aryl methyl sites for hydroxylation is 1. The number of carbonyl (C=O) groups is 3. The molecule has 2 N–H and O–H groups in total. The van der Waals surface area contributed by atoms with Crippen molar-refractivity contribution in [1.29, 1.82) is 0 Å². The fourth-order valence-corrected chi connectivity index (χ4v) is 4.76. The van der Waals surface area contributed by atoms with Crippen LogP contribution >= 0.6 is 11.6 Å². The summed E-state index contributed by atoms with van der Waals surface area (Å²) in [5.41, 5.74) is 2.60. The van der Waals surface area contributed by atoms with Gasteiger partial charge in [-0.1, -0.05) is 36.7 Å². The van der Waals surface area contributed by atoms with E-state index in [0.29, 0.717) is 23.4 Å². The number of carbonyl (C=O) groups excluding carboxylic acids is 3. The van der Waals surface area contributed by atoms with Gasteiger partial charge >= 0.3 is 0 Å². The number of quaternary nitrogens is 1. The van der Waals surface area contributed by atoms with Crippen LogP contribution in [0.4, 0.5) is 11.4 Å². The molecular formula is C26H30ClN4O3+. The molecule has 1 saturated heterocycles. The molecule has 0 saturated carbocycles. The molecular weight excluding hydrogens is 452 g/mol. The predicted molar refractivity (Wildman–Crippen MR) is 133 cm³/mol. The zero-order valence-corrected chi connectivity index (χ0v) is 20.5. The van der Waals surface area contributed by atoms with E-state index in [1.165, 1.54) is 4.90 Å². The first-order valence-electron chi connectivity index (χ1n) is 11.6. The zero-order valence-electron chi connectivity index (χ0n) is 19.7. The van der Waals surface area contributed by atoms with E-state index >= 15 is 0 Å². The average molecular weight is 482 g/mol. The lowest BCUT2D eigenvalue weighted by Gasteiger charge is -2.33. The van der Waals surface area contributed by atoms with Gasteiger partial charge in [-0.25, -0.2) is 4.90 Å². The number of halogens is 1. The molecule has 0 radical (unpaired) electrons. The minimum absolute atomic E-state index is 0.0252. The van der Waals surface area contributed by atoms with E-state index in [9.17, 15) is 14.4 Å². The Balaban J connectivity index is 1.47. The van der Waals surface area contributed by atoms with Gasteiger partial charge < -0.3 is 15.1 Å². The summed E-state index contributed by atoms with van der Waals surface area (Å²) in [6, 6.07) is 14.4. The lowest BCUT2D eigenvalue weighted by molar-refractivity contribution is -0.885. The SMILES string of the molecule is CCc1ccccc1N1C(=O)C(Cl)=C(Nc2ccc(C(=O)N(C)C3CC[NH+](C)CC3)cc2)C1=O. The monoisotopic (exact) mass is 481 g/mol. The minimum atomic E-state index is -0.552. The van der Waals surface area contributed by atoms with Gasteiger partial charge in [0.1, 0.15) is 10.7 Å². The maximum absolute atomic E-state index is 13.1. The fourth-order valence-electron chi connectivity index (χ4n) is 4.55. The average Bonchev–Trinajstić information content (AvgIpc) is 3.07. The van der Waals surface area contributed by atoms with E-state index in [2.05, 4.69) is 12.4 Å². The van der Waals surface area contributed by atoms with Crippen LogP contribution in [0, 0.1) is 0 Å². The van der Waals surface area contributed by atoms with Crippen LogP contribution in [0.3, 0.4) is 0 Å². The van der Waals surface area contributed by atoms with Crippen LogP contribution in [0.25, 0.3) is 0 Å². The number of anilines is 2. The first-order chi connectivity index (χ1) is 16.3. The van der Waals surface area contributed by atoms with Gasteiger partial charge in [0.15, 0.2) is 0 Å². The first kappa shape index (κ1) is 24.0. The van der Waals surface area contributed by atoms with Crippen LogP contribution < -0.4 is 15.1 Å². The maximum Gasteiger partial charge on any atom is 0.283 e. The van der Waals surface area contributed by atoms with Crippen molar-refractivity contribution in [2.75, 3.05) is 37.4 Å². The number of nitrogens with one attached hydrogen (secondary N) is 2. The number of nitrogens with zero attached hydrogens (tertiary/aromatic N) is 2. The lowest BCUT2D eigenvalue weighted by Crippen LogP contribution is -3.10. The molecule has 0 atom stereocenters. The fraction of sp³-hybridized carbons (Fsp3) is 0.346. The Morgan fingerprint density at radius 1 is 1.09 bits per heavy atom. The van der Waals surface area contributed by atoms with E-state index in [-0.39, 0.29) is 22.7 Å². The Labute approximate surface area is 205 Å². The van der Waals surface area contributed by atoms with E-state index in [0.717, 1.165) is 36.4 Å². The second-order valence-corrected chi connectivity index (χ2v) is 9.30. The van der Waals surface area contributed by atoms with E-state index < -0.39 is 11.8 Å². The highest BCUT2D eigenvalue weighted by atomic mass is 35.5. The van der Waals surface area contributed by atoms with E-state index in [1.807, 2.05) is 31.0 Å². The summed E-state index contributed by atoms with van der Waals surface area (Å²) in [4.78, 5) is 43.3. The van der Waals surface area contributed by atoms with Crippen molar-refractivity contribution in [3.8, 4) is 0 Å². The minimum Gasteiger partial charge on any atom is -0.350 e. The number of benzene rings is 2. The number of hydrogen-bond donors (Lipinski definition) is 2. The molecule has 7 nitrogen and oxygen atoms in total. The molecule has 4 rings (SSSR count). The smallest absolute Gasteiger partial charge is 0.283 e. The van der Waals surface area contributed by atoms with Crippen LogP contribution in [0.1, 0.15) is 35.7 Å². The topological polar surface area (TPSA) is 74.2 Å². The summed E-state index contributed by atoms with van der Waals surface area (Å²) in [6.45, 7) is 4.09. The van der Waals surface area contributed by atoms with Gasteiger partial charge in [0.25, 0.3) is 17.7 Å². The van der Waals surface area contributed by atoms with Gasteiger partial charge in [0.05, 0.1) is 25.8 Å². The second-order valence-electron chi connectivity index (χ2n) is 8.92. The highest BCUT2D eigenvalue weighted by Gasteiger charge is 2.39. The standard InChI is InChI=1S/C26H29ClN4O3/c1-4-17-7-5-6-8-21(17)31-25(33)22(27)23(26(31)34)28-19-11-9-18(10-12-19)24(32)30(3)20-13-15-29(2)16-14-20/h5-12,20,28H,4,13-16H2,1-3H3/p+1. The Bertz CT molecular complexity index is 1140. The van der Waals surface area contributed by atoms with Crippen molar-refractivity contribution in [1.82, 2.24) is 4.90 Å². The highest BCUT2D eigenvalue weighted by molar-refractivity contribution is 6.53. The summed E-state index contributed by atoms with van der Waals surface area (Å²) in [6.07, 6.45) is 2.67. The molecule has 8 heteroatoms. The maximum atomic E-state index is 13.1. The Morgan fingerprint density at radius 2 is 1.74 bits per heavy atom. The van der Waals surface area contributed by atoms with Crippen LogP contribution in [-0.4, -0.2) is 55.8 Å². The highest BCUT2D eigenvalue weighted by Crippen LogP contribution is 2.32.